The van der Waals surface area contributed by atoms with Crippen LogP contribution in [0.5, 0.6) is 0 Å². The van der Waals surface area contributed by atoms with E-state index in [9.17, 15) is 14.4 Å². The van der Waals surface area contributed by atoms with Gasteiger partial charge in [-0.3, -0.25) is 0 Å². The summed E-state index contributed by atoms with van der Waals surface area (Å²) in [6, 6.07) is -1.11. The molecular weight excluding hydrogens is 364 g/mol. The molecular formula is C20H34N2O6. The van der Waals surface area contributed by atoms with Crippen LogP contribution in [0.25, 0.3) is 0 Å². The van der Waals surface area contributed by atoms with Gasteiger partial charge in [0, 0.05) is 0 Å². The first-order valence-electron chi connectivity index (χ1n) is 9.09. The zero-order valence-corrected chi connectivity index (χ0v) is 18.1. The van der Waals surface area contributed by atoms with Crippen LogP contribution in [0.2, 0.25) is 0 Å². The second-order valence-electron chi connectivity index (χ2n) is 8.08. The Labute approximate surface area is 168 Å². The quantitative estimate of drug-likeness (QED) is 0.278. The molecule has 28 heavy (non-hydrogen) atoms. The number of carbonyl (C=O) groups is 3. The SMILES string of the molecule is C=CCCC(C(=O)OC)N(C(=O)OC(C)(C)C)N(CC=C)C(=O)OC(C)(C)C. The largest absolute Gasteiger partial charge is 0.467 e. The summed E-state index contributed by atoms with van der Waals surface area (Å²) < 4.78 is 15.7. The Balaban J connectivity index is 6.19. The lowest BCUT2D eigenvalue weighted by Crippen LogP contribution is -2.59. The molecule has 0 saturated heterocycles. The minimum Gasteiger partial charge on any atom is -0.467 e. The van der Waals surface area contributed by atoms with Crippen molar-refractivity contribution < 1.29 is 28.6 Å². The summed E-state index contributed by atoms with van der Waals surface area (Å²) in [5, 5.41) is 1.94. The molecule has 0 aliphatic rings. The van der Waals surface area contributed by atoms with E-state index in [4.69, 9.17) is 14.2 Å². The lowest BCUT2D eigenvalue weighted by atomic mass is 10.1. The summed E-state index contributed by atoms with van der Waals surface area (Å²) in [6.07, 6.45) is 1.93. The molecule has 0 spiro atoms. The van der Waals surface area contributed by atoms with Gasteiger partial charge in [-0.2, -0.15) is 5.01 Å². The fourth-order valence-corrected chi connectivity index (χ4v) is 2.14. The highest BCUT2D eigenvalue weighted by atomic mass is 16.6. The van der Waals surface area contributed by atoms with Gasteiger partial charge < -0.3 is 14.2 Å². The van der Waals surface area contributed by atoms with Crippen LogP contribution in [0.15, 0.2) is 25.3 Å². The maximum Gasteiger partial charge on any atom is 0.430 e. The standard InChI is InChI=1S/C20H34N2O6/c1-10-12-13-15(16(23)26-9)22(18(25)28-20(6,7)8)21(14-11-2)17(24)27-19(3,4)5/h10-11,15H,1-2,12-14H2,3-9H3. The van der Waals surface area contributed by atoms with E-state index in [2.05, 4.69) is 13.2 Å². The summed E-state index contributed by atoms with van der Waals surface area (Å²) in [5.74, 6) is -0.690. The van der Waals surface area contributed by atoms with E-state index >= 15 is 0 Å². The third-order valence-electron chi connectivity index (χ3n) is 3.16. The van der Waals surface area contributed by atoms with Crippen LogP contribution >= 0.6 is 0 Å². The minimum atomic E-state index is -1.11. The van der Waals surface area contributed by atoms with E-state index < -0.39 is 35.4 Å². The Hall–Kier alpha value is -2.51. The first-order valence-corrected chi connectivity index (χ1v) is 9.09. The Morgan fingerprint density at radius 3 is 1.82 bits per heavy atom. The van der Waals surface area contributed by atoms with E-state index in [0.29, 0.717) is 6.42 Å². The maximum atomic E-state index is 13.0. The van der Waals surface area contributed by atoms with Crippen LogP contribution in [0, 0.1) is 0 Å². The number of amides is 2. The average Bonchev–Trinajstić information content (AvgIpc) is 2.53. The monoisotopic (exact) mass is 398 g/mol. The van der Waals surface area contributed by atoms with Gasteiger partial charge in [-0.1, -0.05) is 12.2 Å². The van der Waals surface area contributed by atoms with E-state index in [0.717, 1.165) is 10.0 Å². The topological polar surface area (TPSA) is 85.4 Å². The molecule has 0 heterocycles. The highest BCUT2D eigenvalue weighted by molar-refractivity contribution is 5.83. The number of allylic oxidation sites excluding steroid dienone is 1. The summed E-state index contributed by atoms with van der Waals surface area (Å²) >= 11 is 0. The third kappa shape index (κ3) is 8.92. The van der Waals surface area contributed by atoms with Gasteiger partial charge in [0.15, 0.2) is 6.04 Å². The molecule has 0 radical (unpaired) electrons. The number of esters is 1. The Kier molecular flexibility index (Phi) is 9.77. The molecule has 0 aliphatic heterocycles. The van der Waals surface area contributed by atoms with Crippen molar-refractivity contribution in [3.8, 4) is 0 Å². The predicted molar refractivity (Wildman–Crippen MR) is 106 cm³/mol. The van der Waals surface area contributed by atoms with E-state index in [1.54, 1.807) is 47.6 Å². The van der Waals surface area contributed by atoms with Gasteiger partial charge in [0.1, 0.15) is 11.2 Å². The van der Waals surface area contributed by atoms with E-state index in [-0.39, 0.29) is 13.0 Å². The fourth-order valence-electron chi connectivity index (χ4n) is 2.14. The number of hydrogen-bond acceptors (Lipinski definition) is 6. The first-order chi connectivity index (χ1) is 12.8. The number of hydrogen-bond donors (Lipinski definition) is 0. The number of nitrogens with zero attached hydrogens (tertiary/aromatic N) is 2. The van der Waals surface area contributed by atoms with Crippen LogP contribution in [0.1, 0.15) is 54.4 Å². The van der Waals surface area contributed by atoms with Gasteiger partial charge in [0.05, 0.1) is 13.7 Å². The zero-order chi connectivity index (χ0) is 22.1. The van der Waals surface area contributed by atoms with Crippen molar-refractivity contribution in [2.75, 3.05) is 13.7 Å². The second kappa shape index (κ2) is 10.7. The lowest BCUT2D eigenvalue weighted by molar-refractivity contribution is -0.154. The molecule has 0 rings (SSSR count). The number of ether oxygens (including phenoxy) is 3. The zero-order valence-electron chi connectivity index (χ0n) is 18.1. The molecule has 160 valence electrons. The minimum absolute atomic E-state index is 0.0737. The van der Waals surface area contributed by atoms with Crippen LogP contribution in [-0.4, -0.2) is 59.1 Å². The van der Waals surface area contributed by atoms with Crippen molar-refractivity contribution in [3.63, 3.8) is 0 Å². The van der Waals surface area contributed by atoms with E-state index in [1.165, 1.54) is 13.2 Å². The van der Waals surface area contributed by atoms with Gasteiger partial charge >= 0.3 is 18.2 Å². The van der Waals surface area contributed by atoms with E-state index in [1.807, 2.05) is 0 Å². The second-order valence-corrected chi connectivity index (χ2v) is 8.08. The smallest absolute Gasteiger partial charge is 0.430 e. The summed E-state index contributed by atoms with van der Waals surface area (Å²) in [5.41, 5.74) is -1.65. The molecule has 0 aliphatic carbocycles. The first kappa shape index (κ1) is 25.5. The maximum absolute atomic E-state index is 13.0. The Bertz CT molecular complexity index is 574. The number of methoxy groups -OCH3 is 1. The number of carbonyl (C=O) groups excluding carboxylic acids is 3. The molecule has 0 bridgehead atoms. The Morgan fingerprint density at radius 2 is 1.43 bits per heavy atom. The molecule has 0 aromatic rings. The summed E-state index contributed by atoms with van der Waals surface area (Å²) in [7, 11) is 1.21. The molecule has 8 heteroatoms. The van der Waals surface area contributed by atoms with Crippen molar-refractivity contribution in [1.29, 1.82) is 0 Å². The van der Waals surface area contributed by atoms with Gasteiger partial charge in [-0.15, -0.1) is 13.2 Å². The van der Waals surface area contributed by atoms with Crippen molar-refractivity contribution in [3.05, 3.63) is 25.3 Å². The van der Waals surface area contributed by atoms with Crippen LogP contribution in [0.3, 0.4) is 0 Å². The average molecular weight is 399 g/mol. The third-order valence-corrected chi connectivity index (χ3v) is 3.16. The van der Waals surface area contributed by atoms with Crippen LogP contribution in [-0.2, 0) is 19.0 Å². The molecule has 0 N–H and O–H groups in total. The molecule has 1 unspecified atom stereocenters. The molecule has 0 fully saturated rings. The van der Waals surface area contributed by atoms with Crippen LogP contribution < -0.4 is 0 Å². The molecule has 0 aromatic carbocycles. The van der Waals surface area contributed by atoms with Crippen molar-refractivity contribution >= 4 is 18.2 Å². The molecule has 0 saturated carbocycles. The molecule has 8 nitrogen and oxygen atoms in total. The predicted octanol–water partition coefficient (Wildman–Crippen LogP) is 4.07. The fraction of sp³-hybridized carbons (Fsp3) is 0.650. The number of rotatable bonds is 7. The normalized spacial score (nSPS) is 12.4. The van der Waals surface area contributed by atoms with Crippen molar-refractivity contribution in [2.24, 2.45) is 0 Å². The van der Waals surface area contributed by atoms with Crippen LogP contribution in [0.4, 0.5) is 9.59 Å². The Morgan fingerprint density at radius 1 is 0.929 bits per heavy atom. The summed E-state index contributed by atoms with van der Waals surface area (Å²) in [6.45, 7) is 17.3. The van der Waals surface area contributed by atoms with Gasteiger partial charge in [-0.05, 0) is 54.4 Å². The van der Waals surface area contributed by atoms with Crippen molar-refractivity contribution in [1.82, 2.24) is 10.0 Å². The van der Waals surface area contributed by atoms with Crippen molar-refractivity contribution in [2.45, 2.75) is 71.6 Å². The highest BCUT2D eigenvalue weighted by Gasteiger charge is 2.40. The molecule has 0 aromatic heterocycles. The summed E-state index contributed by atoms with van der Waals surface area (Å²) in [4.78, 5) is 38.2. The number of hydrazine groups is 1. The van der Waals surface area contributed by atoms with Gasteiger partial charge in [0.2, 0.25) is 0 Å². The molecule has 1 atom stereocenters. The van der Waals surface area contributed by atoms with Gasteiger partial charge in [0.25, 0.3) is 0 Å². The highest BCUT2D eigenvalue weighted by Crippen LogP contribution is 2.21. The molecule has 2 amide bonds. The van der Waals surface area contributed by atoms with Gasteiger partial charge in [-0.25, -0.2) is 19.4 Å². The lowest BCUT2D eigenvalue weighted by Gasteiger charge is -2.39.